The summed E-state index contributed by atoms with van der Waals surface area (Å²) < 4.78 is 11.5. The molecule has 206 valence electrons. The molecule has 0 aliphatic rings. The SMILES string of the molecule is CCCCCCCCCOc1ccc(-c2ncc(-c3ccc(C(=O)OC(C)CCCCCC)s3)cn2)cc1. The summed E-state index contributed by atoms with van der Waals surface area (Å²) in [6, 6.07) is 11.7. The lowest BCUT2D eigenvalue weighted by atomic mass is 10.1. The highest BCUT2D eigenvalue weighted by atomic mass is 32.1. The first-order chi connectivity index (χ1) is 18.6. The van der Waals surface area contributed by atoms with Crippen molar-refractivity contribution < 1.29 is 14.3 Å². The highest BCUT2D eigenvalue weighted by molar-refractivity contribution is 7.17. The molecule has 1 aromatic carbocycles. The molecule has 2 heterocycles. The fraction of sp³-hybridized carbons (Fsp3) is 0.531. The van der Waals surface area contributed by atoms with Crippen LogP contribution in [0.4, 0.5) is 0 Å². The minimum atomic E-state index is -0.254. The Labute approximate surface area is 233 Å². The standard InChI is InChI=1S/C32H44N2O3S/c1-4-6-8-10-11-12-14-22-36-28-18-16-26(17-19-28)31-33-23-27(24-34-31)29-20-21-30(38-29)32(35)37-25(3)15-13-9-7-5-2/h16-21,23-25H,4-15,22H2,1-3H3. The van der Waals surface area contributed by atoms with Crippen LogP contribution in [0.25, 0.3) is 21.8 Å². The first kappa shape index (κ1) is 29.8. The van der Waals surface area contributed by atoms with E-state index in [9.17, 15) is 4.79 Å². The third-order valence-electron chi connectivity index (χ3n) is 6.65. The molecule has 0 bridgehead atoms. The zero-order chi connectivity index (χ0) is 27.0. The van der Waals surface area contributed by atoms with E-state index in [0.29, 0.717) is 10.7 Å². The molecule has 38 heavy (non-hydrogen) atoms. The summed E-state index contributed by atoms with van der Waals surface area (Å²) in [4.78, 5) is 23.2. The third-order valence-corrected chi connectivity index (χ3v) is 7.76. The number of thiophene rings is 1. The topological polar surface area (TPSA) is 61.3 Å². The van der Waals surface area contributed by atoms with E-state index in [1.807, 2.05) is 55.7 Å². The average molecular weight is 537 g/mol. The monoisotopic (exact) mass is 536 g/mol. The van der Waals surface area contributed by atoms with Gasteiger partial charge in [0.2, 0.25) is 0 Å². The summed E-state index contributed by atoms with van der Waals surface area (Å²) in [5, 5.41) is 0. The fourth-order valence-electron chi connectivity index (χ4n) is 4.31. The van der Waals surface area contributed by atoms with Crippen molar-refractivity contribution in [2.45, 2.75) is 104 Å². The number of hydrogen-bond donors (Lipinski definition) is 0. The fourth-order valence-corrected chi connectivity index (χ4v) is 5.18. The smallest absolute Gasteiger partial charge is 0.348 e. The van der Waals surface area contributed by atoms with Crippen LogP contribution in [0.15, 0.2) is 48.8 Å². The Morgan fingerprint density at radius 1 is 0.789 bits per heavy atom. The number of unbranched alkanes of at least 4 members (excludes halogenated alkanes) is 9. The second-order valence-corrected chi connectivity index (χ2v) is 11.1. The molecule has 0 fully saturated rings. The first-order valence-electron chi connectivity index (χ1n) is 14.5. The van der Waals surface area contributed by atoms with Crippen LogP contribution in [0.5, 0.6) is 5.75 Å². The summed E-state index contributed by atoms with van der Waals surface area (Å²) in [7, 11) is 0. The van der Waals surface area contributed by atoms with Crippen LogP contribution in [0, 0.1) is 0 Å². The first-order valence-corrected chi connectivity index (χ1v) is 15.3. The van der Waals surface area contributed by atoms with Gasteiger partial charge in [0, 0.05) is 28.4 Å². The normalized spacial score (nSPS) is 11.9. The number of ether oxygens (including phenoxy) is 2. The summed E-state index contributed by atoms with van der Waals surface area (Å²) in [6.07, 6.45) is 18.1. The number of carbonyl (C=O) groups is 1. The van der Waals surface area contributed by atoms with Crippen molar-refractivity contribution in [2.75, 3.05) is 6.61 Å². The summed E-state index contributed by atoms with van der Waals surface area (Å²) in [5.41, 5.74) is 1.84. The Hall–Kier alpha value is -2.73. The van der Waals surface area contributed by atoms with Gasteiger partial charge in [-0.2, -0.15) is 0 Å². The van der Waals surface area contributed by atoms with E-state index in [4.69, 9.17) is 9.47 Å². The van der Waals surface area contributed by atoms with Gasteiger partial charge in [-0.25, -0.2) is 14.8 Å². The molecule has 1 unspecified atom stereocenters. The second kappa shape index (κ2) is 17.0. The van der Waals surface area contributed by atoms with Crippen molar-refractivity contribution in [3.05, 3.63) is 53.7 Å². The highest BCUT2D eigenvalue weighted by Gasteiger charge is 2.15. The van der Waals surface area contributed by atoms with Crippen molar-refractivity contribution in [1.29, 1.82) is 0 Å². The predicted molar refractivity (Wildman–Crippen MR) is 158 cm³/mol. The van der Waals surface area contributed by atoms with Crippen LogP contribution in [0.1, 0.15) is 107 Å². The van der Waals surface area contributed by atoms with Gasteiger partial charge in [-0.3, -0.25) is 0 Å². The number of carbonyl (C=O) groups excluding carboxylic acids is 1. The number of rotatable bonds is 18. The van der Waals surface area contributed by atoms with Gasteiger partial charge >= 0.3 is 5.97 Å². The van der Waals surface area contributed by atoms with Gasteiger partial charge in [-0.15, -0.1) is 11.3 Å². The zero-order valence-electron chi connectivity index (χ0n) is 23.4. The van der Waals surface area contributed by atoms with Crippen LogP contribution in [0.2, 0.25) is 0 Å². The van der Waals surface area contributed by atoms with Gasteiger partial charge in [-0.1, -0.05) is 71.6 Å². The highest BCUT2D eigenvalue weighted by Crippen LogP contribution is 2.29. The van der Waals surface area contributed by atoms with Crippen LogP contribution < -0.4 is 4.74 Å². The van der Waals surface area contributed by atoms with Gasteiger partial charge in [0.1, 0.15) is 10.6 Å². The molecule has 0 spiro atoms. The van der Waals surface area contributed by atoms with Crippen molar-refractivity contribution in [3.8, 4) is 27.6 Å². The Kier molecular flexibility index (Phi) is 13.3. The van der Waals surface area contributed by atoms with Gasteiger partial charge in [0.05, 0.1) is 12.7 Å². The van der Waals surface area contributed by atoms with Crippen molar-refractivity contribution in [1.82, 2.24) is 9.97 Å². The summed E-state index contributed by atoms with van der Waals surface area (Å²) >= 11 is 1.42. The largest absolute Gasteiger partial charge is 0.494 e. The number of nitrogens with zero attached hydrogens (tertiary/aromatic N) is 2. The lowest BCUT2D eigenvalue weighted by Gasteiger charge is -2.12. The minimum Gasteiger partial charge on any atom is -0.494 e. The summed E-state index contributed by atoms with van der Waals surface area (Å²) in [5.74, 6) is 1.29. The lowest BCUT2D eigenvalue weighted by Crippen LogP contribution is -2.14. The quantitative estimate of drug-likeness (QED) is 0.120. The molecule has 0 aliphatic carbocycles. The Balaban J connectivity index is 1.45. The zero-order valence-corrected chi connectivity index (χ0v) is 24.2. The second-order valence-electron chi connectivity index (χ2n) is 10.0. The molecule has 0 radical (unpaired) electrons. The van der Waals surface area contributed by atoms with Crippen molar-refractivity contribution in [3.63, 3.8) is 0 Å². The van der Waals surface area contributed by atoms with Gasteiger partial charge in [-0.05, 0) is 62.6 Å². The van der Waals surface area contributed by atoms with Crippen LogP contribution in [-0.2, 0) is 4.74 Å². The van der Waals surface area contributed by atoms with Gasteiger partial charge in [0.25, 0.3) is 0 Å². The molecule has 0 saturated heterocycles. The lowest BCUT2D eigenvalue weighted by molar-refractivity contribution is 0.0325. The number of esters is 1. The Morgan fingerprint density at radius 2 is 1.42 bits per heavy atom. The van der Waals surface area contributed by atoms with E-state index < -0.39 is 0 Å². The number of aromatic nitrogens is 2. The van der Waals surface area contributed by atoms with Crippen LogP contribution >= 0.6 is 11.3 Å². The molecule has 5 nitrogen and oxygen atoms in total. The van der Waals surface area contributed by atoms with E-state index >= 15 is 0 Å². The van der Waals surface area contributed by atoms with Crippen LogP contribution in [0.3, 0.4) is 0 Å². The van der Waals surface area contributed by atoms with Crippen molar-refractivity contribution >= 4 is 17.3 Å². The van der Waals surface area contributed by atoms with Crippen LogP contribution in [-0.4, -0.2) is 28.6 Å². The predicted octanol–water partition coefficient (Wildman–Crippen LogP) is 9.52. The molecule has 1 atom stereocenters. The molecule has 6 heteroatoms. The third kappa shape index (κ3) is 10.2. The van der Waals surface area contributed by atoms with E-state index in [-0.39, 0.29) is 12.1 Å². The molecule has 3 aromatic rings. The average Bonchev–Trinajstić information content (AvgIpc) is 3.44. The Morgan fingerprint density at radius 3 is 2.11 bits per heavy atom. The Bertz CT molecular complexity index is 1060. The van der Waals surface area contributed by atoms with E-state index in [2.05, 4.69) is 23.8 Å². The molecule has 0 amide bonds. The molecular weight excluding hydrogens is 492 g/mol. The molecule has 2 aromatic heterocycles. The molecule has 3 rings (SSSR count). The summed E-state index contributed by atoms with van der Waals surface area (Å²) in [6.45, 7) is 7.17. The molecule has 0 aliphatic heterocycles. The van der Waals surface area contributed by atoms with E-state index in [1.165, 1.54) is 69.1 Å². The van der Waals surface area contributed by atoms with E-state index in [1.54, 1.807) is 0 Å². The van der Waals surface area contributed by atoms with Gasteiger partial charge in [0.15, 0.2) is 5.82 Å². The minimum absolute atomic E-state index is 0.0652. The maximum absolute atomic E-state index is 12.5. The molecule has 0 N–H and O–H groups in total. The maximum atomic E-state index is 12.5. The molecular formula is C32H44N2O3S. The maximum Gasteiger partial charge on any atom is 0.348 e. The number of benzene rings is 1. The van der Waals surface area contributed by atoms with E-state index in [0.717, 1.165) is 47.6 Å². The van der Waals surface area contributed by atoms with Gasteiger partial charge < -0.3 is 9.47 Å². The van der Waals surface area contributed by atoms with Crippen molar-refractivity contribution in [2.24, 2.45) is 0 Å². The number of hydrogen-bond acceptors (Lipinski definition) is 6. The molecule has 0 saturated carbocycles.